The predicted octanol–water partition coefficient (Wildman–Crippen LogP) is 1.71. The lowest BCUT2D eigenvalue weighted by atomic mass is 10.3. The van der Waals surface area contributed by atoms with Crippen molar-refractivity contribution in [2.75, 3.05) is 6.61 Å². The van der Waals surface area contributed by atoms with Gasteiger partial charge in [-0.25, -0.2) is 0 Å². The van der Waals surface area contributed by atoms with Crippen molar-refractivity contribution in [3.05, 3.63) is 115 Å². The normalized spacial score (nSPS) is 10.8. The van der Waals surface area contributed by atoms with E-state index in [0.29, 0.717) is 6.61 Å². The van der Waals surface area contributed by atoms with Crippen LogP contribution < -0.4 is 38.4 Å². The summed E-state index contributed by atoms with van der Waals surface area (Å²) in [7, 11) is -2.00. The van der Waals surface area contributed by atoms with E-state index < -0.39 is 7.26 Å². The maximum absolute atomic E-state index is 5.70. The third-order valence-electron chi connectivity index (χ3n) is 4.97. The molecule has 0 bridgehead atoms. The molecular weight excluding hydrogens is 395 g/mol. The van der Waals surface area contributed by atoms with Gasteiger partial charge in [0.25, 0.3) is 0 Å². The average Bonchev–Trinajstić information content (AvgIpc) is 2.78. The SMILES string of the molecule is CCOc1ccc([P+](c2ccccc2)(c2ccccc2)c2ccccc2)cc1.[Cl-]. The van der Waals surface area contributed by atoms with E-state index in [2.05, 4.69) is 115 Å². The number of ether oxygens (including phenoxy) is 1. The first-order chi connectivity index (χ1) is 13.9. The number of hydrogen-bond acceptors (Lipinski definition) is 1. The highest BCUT2D eigenvalue weighted by molar-refractivity contribution is 8.01. The fourth-order valence-corrected chi connectivity index (χ4v) is 8.03. The summed E-state index contributed by atoms with van der Waals surface area (Å²) in [4.78, 5) is 0. The van der Waals surface area contributed by atoms with Crippen LogP contribution in [0.25, 0.3) is 0 Å². The van der Waals surface area contributed by atoms with E-state index in [1.165, 1.54) is 21.2 Å². The molecule has 0 aliphatic carbocycles. The molecule has 0 fully saturated rings. The van der Waals surface area contributed by atoms with Gasteiger partial charge in [0.1, 0.15) is 34.2 Å². The molecule has 0 N–H and O–H groups in total. The van der Waals surface area contributed by atoms with Crippen LogP contribution in [0.4, 0.5) is 0 Å². The lowest BCUT2D eigenvalue weighted by Gasteiger charge is -2.27. The summed E-state index contributed by atoms with van der Waals surface area (Å²) in [5, 5.41) is 5.41. The van der Waals surface area contributed by atoms with Crippen LogP contribution in [-0.4, -0.2) is 6.61 Å². The molecule has 1 nitrogen and oxygen atoms in total. The summed E-state index contributed by atoms with van der Waals surface area (Å²) in [5.41, 5.74) is 0. The molecule has 4 aromatic rings. The summed E-state index contributed by atoms with van der Waals surface area (Å²) < 4.78 is 5.70. The quantitative estimate of drug-likeness (QED) is 0.433. The van der Waals surface area contributed by atoms with Crippen molar-refractivity contribution in [1.29, 1.82) is 0 Å². The Balaban J connectivity index is 0.00000240. The number of rotatable bonds is 6. The second-order valence-electron chi connectivity index (χ2n) is 6.60. The van der Waals surface area contributed by atoms with Gasteiger partial charge in [0.15, 0.2) is 0 Å². The molecule has 0 aliphatic rings. The van der Waals surface area contributed by atoms with Crippen LogP contribution in [0.1, 0.15) is 6.92 Å². The van der Waals surface area contributed by atoms with E-state index in [1.807, 2.05) is 6.92 Å². The van der Waals surface area contributed by atoms with Gasteiger partial charge in [0.05, 0.1) is 6.61 Å². The molecule has 0 spiro atoms. The number of hydrogen-bond donors (Lipinski definition) is 0. The zero-order valence-electron chi connectivity index (χ0n) is 16.4. The predicted molar refractivity (Wildman–Crippen MR) is 122 cm³/mol. The van der Waals surface area contributed by atoms with E-state index in [9.17, 15) is 0 Å². The van der Waals surface area contributed by atoms with Crippen LogP contribution >= 0.6 is 7.26 Å². The Hall–Kier alpha value is -2.60. The molecule has 4 rings (SSSR count). The summed E-state index contributed by atoms with van der Waals surface area (Å²) in [6.45, 7) is 2.69. The van der Waals surface area contributed by atoms with E-state index in [1.54, 1.807) is 0 Å². The Kier molecular flexibility index (Phi) is 7.09. The van der Waals surface area contributed by atoms with Crippen LogP contribution in [-0.2, 0) is 0 Å². The second-order valence-corrected chi connectivity index (χ2v) is 10.0. The third-order valence-corrected chi connectivity index (χ3v) is 9.26. The Bertz CT molecular complexity index is 906. The number of halogens is 1. The molecule has 0 radical (unpaired) electrons. The van der Waals surface area contributed by atoms with Gasteiger partial charge >= 0.3 is 0 Å². The minimum atomic E-state index is -2.00. The molecule has 3 heteroatoms. The standard InChI is InChI=1S/C26H24OP.ClH/c1-2-27-22-18-20-26(21-19-22)28(23-12-6-3-7-13-23,24-14-8-4-9-15-24)25-16-10-5-11-17-25;/h3-21H,2H2,1H3;1H/q+1;/p-1. The zero-order valence-corrected chi connectivity index (χ0v) is 18.1. The molecule has 0 aliphatic heterocycles. The molecule has 0 saturated heterocycles. The highest BCUT2D eigenvalue weighted by Gasteiger charge is 2.47. The van der Waals surface area contributed by atoms with Gasteiger partial charge in [-0.3, -0.25) is 0 Å². The largest absolute Gasteiger partial charge is 1.00 e. The van der Waals surface area contributed by atoms with Crippen LogP contribution in [0.5, 0.6) is 5.75 Å². The minimum absolute atomic E-state index is 0. The number of benzene rings is 4. The first-order valence-corrected chi connectivity index (χ1v) is 11.4. The van der Waals surface area contributed by atoms with Crippen molar-refractivity contribution in [1.82, 2.24) is 0 Å². The van der Waals surface area contributed by atoms with Gasteiger partial charge in [-0.2, -0.15) is 0 Å². The van der Waals surface area contributed by atoms with Crippen LogP contribution in [0, 0.1) is 0 Å². The Morgan fingerprint density at radius 3 is 1.21 bits per heavy atom. The van der Waals surface area contributed by atoms with Crippen molar-refractivity contribution in [2.24, 2.45) is 0 Å². The third kappa shape index (κ3) is 4.08. The fourth-order valence-electron chi connectivity index (χ4n) is 3.78. The summed E-state index contributed by atoms with van der Waals surface area (Å²) in [6.07, 6.45) is 0. The topological polar surface area (TPSA) is 9.23 Å². The van der Waals surface area contributed by atoms with Crippen molar-refractivity contribution in [2.45, 2.75) is 6.92 Å². The molecule has 0 heterocycles. The van der Waals surface area contributed by atoms with E-state index in [-0.39, 0.29) is 12.4 Å². The zero-order chi connectivity index (χ0) is 19.2. The van der Waals surface area contributed by atoms with Crippen LogP contribution in [0.15, 0.2) is 115 Å². The first kappa shape index (κ1) is 21.1. The van der Waals surface area contributed by atoms with Crippen molar-refractivity contribution >= 4 is 28.5 Å². The molecule has 0 saturated carbocycles. The monoisotopic (exact) mass is 418 g/mol. The summed E-state index contributed by atoms with van der Waals surface area (Å²) >= 11 is 0. The van der Waals surface area contributed by atoms with E-state index in [4.69, 9.17) is 4.74 Å². The molecule has 0 amide bonds. The van der Waals surface area contributed by atoms with Gasteiger partial charge in [-0.05, 0) is 67.6 Å². The maximum atomic E-state index is 5.70. The Morgan fingerprint density at radius 2 is 0.862 bits per heavy atom. The van der Waals surface area contributed by atoms with E-state index in [0.717, 1.165) is 5.75 Å². The molecule has 29 heavy (non-hydrogen) atoms. The van der Waals surface area contributed by atoms with Gasteiger partial charge in [0, 0.05) is 0 Å². The Morgan fingerprint density at radius 1 is 0.517 bits per heavy atom. The van der Waals surface area contributed by atoms with Gasteiger partial charge in [0.2, 0.25) is 0 Å². The lowest BCUT2D eigenvalue weighted by molar-refractivity contribution is -0.00000595. The van der Waals surface area contributed by atoms with Crippen molar-refractivity contribution < 1.29 is 17.1 Å². The molecule has 0 atom stereocenters. The van der Waals surface area contributed by atoms with Gasteiger partial charge in [-0.15, -0.1) is 0 Å². The van der Waals surface area contributed by atoms with Gasteiger partial charge < -0.3 is 17.1 Å². The lowest BCUT2D eigenvalue weighted by Crippen LogP contribution is -3.00. The van der Waals surface area contributed by atoms with Crippen LogP contribution in [0.2, 0.25) is 0 Å². The minimum Gasteiger partial charge on any atom is -1.00 e. The van der Waals surface area contributed by atoms with E-state index >= 15 is 0 Å². The van der Waals surface area contributed by atoms with Crippen molar-refractivity contribution in [3.63, 3.8) is 0 Å². The Labute approximate surface area is 180 Å². The van der Waals surface area contributed by atoms with Gasteiger partial charge in [-0.1, -0.05) is 54.6 Å². The maximum Gasteiger partial charge on any atom is 0.144 e. The summed E-state index contributed by atoms with van der Waals surface area (Å²) in [6, 6.07) is 41.4. The second kappa shape index (κ2) is 9.74. The summed E-state index contributed by atoms with van der Waals surface area (Å²) in [5.74, 6) is 0.915. The molecule has 0 aromatic heterocycles. The molecule has 146 valence electrons. The highest BCUT2D eigenvalue weighted by atomic mass is 35.5. The molecular formula is C26H24ClOP. The molecule has 4 aromatic carbocycles. The fraction of sp³-hybridized carbons (Fsp3) is 0.0769. The first-order valence-electron chi connectivity index (χ1n) is 9.65. The molecule has 0 unspecified atom stereocenters. The highest BCUT2D eigenvalue weighted by Crippen LogP contribution is 2.54. The van der Waals surface area contributed by atoms with Crippen molar-refractivity contribution in [3.8, 4) is 5.75 Å². The van der Waals surface area contributed by atoms with Crippen LogP contribution in [0.3, 0.4) is 0 Å². The average molecular weight is 419 g/mol. The smallest absolute Gasteiger partial charge is 0.144 e.